The van der Waals surface area contributed by atoms with Gasteiger partial charge in [0.15, 0.2) is 0 Å². The molecule has 22 heavy (non-hydrogen) atoms. The number of para-hydroxylation sites is 2. The van der Waals surface area contributed by atoms with E-state index in [1.165, 1.54) is 12.1 Å². The van der Waals surface area contributed by atoms with Gasteiger partial charge in [-0.25, -0.2) is 0 Å². The Labute approximate surface area is 143 Å². The highest BCUT2D eigenvalue weighted by atomic mass is 35.6. The van der Waals surface area contributed by atoms with E-state index in [1.54, 1.807) is 30.3 Å². The average Bonchev–Trinajstić information content (AvgIpc) is 2.48. The van der Waals surface area contributed by atoms with Crippen LogP contribution >= 0.6 is 34.8 Å². The van der Waals surface area contributed by atoms with E-state index >= 15 is 0 Å². The van der Waals surface area contributed by atoms with E-state index in [9.17, 15) is 9.90 Å². The average molecular weight is 357 g/mol. The molecule has 0 unspecified atom stereocenters. The van der Waals surface area contributed by atoms with E-state index < -0.39 is 9.58 Å². The van der Waals surface area contributed by atoms with Crippen LogP contribution in [0.3, 0.4) is 0 Å². The van der Waals surface area contributed by atoms with Gasteiger partial charge in [-0.3, -0.25) is 4.79 Å². The number of carbonyl (C=O) groups is 1. The SMILES string of the molecule is O=C(/C=C(\Nc1ccccc1O)c1ccccc1)C(Cl)(Cl)Cl. The van der Waals surface area contributed by atoms with Gasteiger partial charge in [-0.15, -0.1) is 0 Å². The minimum absolute atomic E-state index is 0.0469. The summed E-state index contributed by atoms with van der Waals surface area (Å²) in [4.78, 5) is 11.9. The first kappa shape index (κ1) is 16.7. The zero-order chi connectivity index (χ0) is 16.2. The monoisotopic (exact) mass is 355 g/mol. The molecule has 3 nitrogen and oxygen atoms in total. The molecule has 6 heteroatoms. The molecule has 0 heterocycles. The lowest BCUT2D eigenvalue weighted by molar-refractivity contribution is -0.113. The second-order valence-electron chi connectivity index (χ2n) is 4.43. The van der Waals surface area contributed by atoms with Gasteiger partial charge in [0.1, 0.15) is 5.75 Å². The maximum atomic E-state index is 11.9. The topological polar surface area (TPSA) is 49.3 Å². The Morgan fingerprint density at radius 1 is 1.00 bits per heavy atom. The van der Waals surface area contributed by atoms with Gasteiger partial charge >= 0.3 is 0 Å². The summed E-state index contributed by atoms with van der Waals surface area (Å²) in [6.45, 7) is 0. The molecular weight excluding hydrogens is 345 g/mol. The summed E-state index contributed by atoms with van der Waals surface area (Å²) in [5.41, 5.74) is 1.57. The van der Waals surface area contributed by atoms with Crippen LogP contribution < -0.4 is 5.32 Å². The van der Waals surface area contributed by atoms with Crippen molar-refractivity contribution in [3.05, 3.63) is 66.2 Å². The fourth-order valence-corrected chi connectivity index (χ4v) is 1.91. The smallest absolute Gasteiger partial charge is 0.252 e. The van der Waals surface area contributed by atoms with Gasteiger partial charge in [0.2, 0.25) is 5.78 Å². The van der Waals surface area contributed by atoms with E-state index in [2.05, 4.69) is 5.32 Å². The lowest BCUT2D eigenvalue weighted by atomic mass is 10.1. The zero-order valence-electron chi connectivity index (χ0n) is 11.3. The van der Waals surface area contributed by atoms with Crippen LogP contribution in [0.5, 0.6) is 5.75 Å². The van der Waals surface area contributed by atoms with Crippen molar-refractivity contribution in [2.24, 2.45) is 0 Å². The summed E-state index contributed by atoms with van der Waals surface area (Å²) in [5.74, 6) is -0.634. The minimum atomic E-state index is -2.04. The third kappa shape index (κ3) is 4.41. The summed E-state index contributed by atoms with van der Waals surface area (Å²) in [6.07, 6.45) is 1.20. The van der Waals surface area contributed by atoms with Gasteiger partial charge in [-0.2, -0.15) is 0 Å². The molecule has 2 rings (SSSR count). The number of carbonyl (C=O) groups excluding carboxylic acids is 1. The number of phenols is 1. The largest absolute Gasteiger partial charge is 0.506 e. The van der Waals surface area contributed by atoms with Crippen LogP contribution in [0.2, 0.25) is 0 Å². The summed E-state index contributed by atoms with van der Waals surface area (Å²) < 4.78 is -2.04. The van der Waals surface area contributed by atoms with Crippen LogP contribution in [0.4, 0.5) is 5.69 Å². The van der Waals surface area contributed by atoms with E-state index in [4.69, 9.17) is 34.8 Å². The Morgan fingerprint density at radius 2 is 1.59 bits per heavy atom. The number of alkyl halides is 3. The molecule has 0 saturated carbocycles. The van der Waals surface area contributed by atoms with Crippen molar-refractivity contribution in [3.8, 4) is 5.75 Å². The molecule has 0 amide bonds. The third-order valence-electron chi connectivity index (χ3n) is 2.81. The number of anilines is 1. The molecule has 114 valence electrons. The number of aromatic hydroxyl groups is 1. The van der Waals surface area contributed by atoms with E-state index in [0.717, 1.165) is 0 Å². The molecule has 2 aromatic carbocycles. The Balaban J connectivity index is 2.41. The number of halogens is 3. The van der Waals surface area contributed by atoms with Crippen LogP contribution in [0.1, 0.15) is 5.56 Å². The second kappa shape index (κ2) is 7.05. The van der Waals surface area contributed by atoms with Gasteiger partial charge < -0.3 is 10.4 Å². The van der Waals surface area contributed by atoms with E-state index in [0.29, 0.717) is 16.9 Å². The van der Waals surface area contributed by atoms with Gasteiger partial charge in [-0.1, -0.05) is 77.3 Å². The highest BCUT2D eigenvalue weighted by Crippen LogP contribution is 2.31. The quantitative estimate of drug-likeness (QED) is 0.471. The fourth-order valence-electron chi connectivity index (χ4n) is 1.75. The minimum Gasteiger partial charge on any atom is -0.506 e. The fraction of sp³-hybridized carbons (Fsp3) is 0.0625. The van der Waals surface area contributed by atoms with Crippen molar-refractivity contribution in [2.75, 3.05) is 5.32 Å². The first-order valence-electron chi connectivity index (χ1n) is 6.31. The first-order valence-corrected chi connectivity index (χ1v) is 7.44. The number of hydrogen-bond acceptors (Lipinski definition) is 3. The second-order valence-corrected chi connectivity index (χ2v) is 6.71. The van der Waals surface area contributed by atoms with Crippen LogP contribution in [0, 0.1) is 0 Å². The highest BCUT2D eigenvalue weighted by Gasteiger charge is 2.29. The van der Waals surface area contributed by atoms with Crippen molar-refractivity contribution in [3.63, 3.8) is 0 Å². The molecule has 2 aromatic rings. The molecule has 0 saturated heterocycles. The lowest BCUT2D eigenvalue weighted by Gasteiger charge is -2.14. The summed E-state index contributed by atoms with van der Waals surface area (Å²) in [7, 11) is 0. The van der Waals surface area contributed by atoms with E-state index in [-0.39, 0.29) is 5.75 Å². The molecule has 0 aliphatic carbocycles. The van der Waals surface area contributed by atoms with Gasteiger partial charge in [-0.05, 0) is 17.7 Å². The number of allylic oxidation sites excluding steroid dienone is 1. The lowest BCUT2D eigenvalue weighted by Crippen LogP contribution is -2.17. The molecule has 0 bridgehead atoms. The van der Waals surface area contributed by atoms with Crippen LogP contribution in [-0.2, 0) is 4.79 Å². The number of ketones is 1. The van der Waals surface area contributed by atoms with Crippen molar-refractivity contribution in [2.45, 2.75) is 3.79 Å². The Kier molecular flexibility index (Phi) is 5.35. The summed E-state index contributed by atoms with van der Waals surface area (Å²) in [6, 6.07) is 15.7. The normalized spacial score (nSPS) is 12.0. The molecule has 0 aliphatic heterocycles. The van der Waals surface area contributed by atoms with Gasteiger partial charge in [0.25, 0.3) is 3.79 Å². The van der Waals surface area contributed by atoms with Crippen molar-refractivity contribution < 1.29 is 9.90 Å². The maximum Gasteiger partial charge on any atom is 0.252 e. The number of phenolic OH excluding ortho intramolecular Hbond substituents is 1. The third-order valence-corrected chi connectivity index (χ3v) is 3.37. The molecule has 0 atom stereocenters. The van der Waals surface area contributed by atoms with E-state index in [1.807, 2.05) is 18.2 Å². The first-order chi connectivity index (χ1) is 10.4. The standard InChI is InChI=1S/C16H12Cl3NO2/c17-16(18,19)15(22)10-13(11-6-2-1-3-7-11)20-12-8-4-5-9-14(12)21/h1-10,20-21H/b13-10-. The molecule has 0 radical (unpaired) electrons. The van der Waals surface area contributed by atoms with Crippen molar-refractivity contribution in [1.82, 2.24) is 0 Å². The van der Waals surface area contributed by atoms with Crippen LogP contribution in [-0.4, -0.2) is 14.7 Å². The predicted octanol–water partition coefficient (Wildman–Crippen LogP) is 4.78. The van der Waals surface area contributed by atoms with Gasteiger partial charge in [0.05, 0.1) is 5.69 Å². The molecule has 0 fully saturated rings. The molecule has 0 aliphatic rings. The number of rotatable bonds is 4. The highest BCUT2D eigenvalue weighted by molar-refractivity contribution is 6.77. The zero-order valence-corrected chi connectivity index (χ0v) is 13.5. The predicted molar refractivity (Wildman–Crippen MR) is 91.4 cm³/mol. The number of nitrogens with one attached hydrogen (secondary N) is 1. The van der Waals surface area contributed by atoms with Crippen LogP contribution in [0.25, 0.3) is 5.70 Å². The Hall–Kier alpha value is -1.68. The summed E-state index contributed by atoms with van der Waals surface area (Å²) in [5, 5.41) is 12.8. The maximum absolute atomic E-state index is 11.9. The van der Waals surface area contributed by atoms with Crippen molar-refractivity contribution in [1.29, 1.82) is 0 Å². The Bertz CT molecular complexity index is 694. The van der Waals surface area contributed by atoms with Crippen molar-refractivity contribution >= 4 is 52.0 Å². The van der Waals surface area contributed by atoms with Gasteiger partial charge in [0, 0.05) is 11.8 Å². The number of benzene rings is 2. The molecule has 2 N–H and O–H groups in total. The number of hydrogen-bond donors (Lipinski definition) is 2. The molecule has 0 spiro atoms. The molecular formula is C16H12Cl3NO2. The molecule has 0 aromatic heterocycles. The Morgan fingerprint density at radius 3 is 2.18 bits per heavy atom. The van der Waals surface area contributed by atoms with Crippen LogP contribution in [0.15, 0.2) is 60.7 Å². The summed E-state index contributed by atoms with van der Waals surface area (Å²) >= 11 is 16.8.